The van der Waals surface area contributed by atoms with Crippen molar-refractivity contribution in [1.82, 2.24) is 14.7 Å². The normalized spacial score (nSPS) is 18.2. The molecule has 1 amide bonds. The quantitative estimate of drug-likeness (QED) is 0.651. The Balaban J connectivity index is 1.41. The number of morpholine rings is 1. The van der Waals surface area contributed by atoms with E-state index >= 15 is 0 Å². The largest absolute Gasteiger partial charge is 0.378 e. The highest BCUT2D eigenvalue weighted by atomic mass is 32.2. The highest BCUT2D eigenvalue weighted by Crippen LogP contribution is 2.27. The van der Waals surface area contributed by atoms with Gasteiger partial charge in [0.15, 0.2) is 10.9 Å². The Hall–Kier alpha value is -2.28. The van der Waals surface area contributed by atoms with E-state index < -0.39 is 10.0 Å². The highest BCUT2D eigenvalue weighted by molar-refractivity contribution is 7.88. The Morgan fingerprint density at radius 1 is 1.19 bits per heavy atom. The van der Waals surface area contributed by atoms with Gasteiger partial charge >= 0.3 is 0 Å². The molecule has 0 saturated carbocycles. The molecule has 2 N–H and O–H groups in total. The van der Waals surface area contributed by atoms with E-state index in [0.29, 0.717) is 56.3 Å². The van der Waals surface area contributed by atoms with Gasteiger partial charge in [0, 0.05) is 43.8 Å². The van der Waals surface area contributed by atoms with Crippen LogP contribution in [-0.4, -0.2) is 76.0 Å². The van der Waals surface area contributed by atoms with Crippen molar-refractivity contribution in [2.75, 3.05) is 60.8 Å². The SMILES string of the molecule is CS(=O)(=O)NC1CCN(c2ncccc2NC(=O)c2csc(N3CCOCC3)n2)CC1. The lowest BCUT2D eigenvalue weighted by atomic mass is 10.1. The van der Waals surface area contributed by atoms with Crippen molar-refractivity contribution in [1.29, 1.82) is 0 Å². The standard InChI is InChI=1S/C19H26N6O4S2/c1-31(27,28)23-14-4-7-24(8-5-14)17-15(3-2-6-20-17)21-18(26)16-13-30-19(22-16)25-9-11-29-12-10-25/h2-3,6,13-14,23H,4-5,7-12H2,1H3,(H,21,26). The number of piperidine rings is 1. The first-order valence-electron chi connectivity index (χ1n) is 10.2. The number of hydrogen-bond acceptors (Lipinski definition) is 9. The fourth-order valence-corrected chi connectivity index (χ4v) is 5.41. The summed E-state index contributed by atoms with van der Waals surface area (Å²) in [6.45, 7) is 4.15. The molecule has 0 bridgehead atoms. The molecular weight excluding hydrogens is 440 g/mol. The maximum atomic E-state index is 12.8. The first kappa shape index (κ1) is 21.9. The molecule has 0 unspecified atom stereocenters. The van der Waals surface area contributed by atoms with E-state index in [0.717, 1.165) is 18.2 Å². The van der Waals surface area contributed by atoms with Crippen molar-refractivity contribution in [2.45, 2.75) is 18.9 Å². The molecule has 168 valence electrons. The molecule has 2 aromatic heterocycles. The summed E-state index contributed by atoms with van der Waals surface area (Å²) in [5.74, 6) is 0.399. The Morgan fingerprint density at radius 3 is 2.65 bits per heavy atom. The number of sulfonamides is 1. The molecule has 0 aliphatic carbocycles. The van der Waals surface area contributed by atoms with Gasteiger partial charge in [-0.2, -0.15) is 0 Å². The third-order valence-corrected chi connectivity index (χ3v) is 6.88. The second kappa shape index (κ2) is 9.47. The van der Waals surface area contributed by atoms with Crippen LogP contribution in [0.1, 0.15) is 23.3 Å². The zero-order valence-corrected chi connectivity index (χ0v) is 18.9. The second-order valence-electron chi connectivity index (χ2n) is 7.59. The van der Waals surface area contributed by atoms with E-state index in [4.69, 9.17) is 4.74 Å². The molecule has 4 heterocycles. The minimum Gasteiger partial charge on any atom is -0.378 e. The Morgan fingerprint density at radius 2 is 1.94 bits per heavy atom. The number of carbonyl (C=O) groups is 1. The van der Waals surface area contributed by atoms with Gasteiger partial charge in [-0.1, -0.05) is 0 Å². The van der Waals surface area contributed by atoms with Gasteiger partial charge in [0.2, 0.25) is 10.0 Å². The summed E-state index contributed by atoms with van der Waals surface area (Å²) in [5, 5.41) is 5.52. The van der Waals surface area contributed by atoms with Crippen LogP contribution in [0.2, 0.25) is 0 Å². The average Bonchev–Trinajstić information content (AvgIpc) is 3.25. The summed E-state index contributed by atoms with van der Waals surface area (Å²) in [4.78, 5) is 26.0. The summed E-state index contributed by atoms with van der Waals surface area (Å²) in [6, 6.07) is 3.51. The number of carbonyl (C=O) groups excluding carboxylic acids is 1. The van der Waals surface area contributed by atoms with Gasteiger partial charge in [0.1, 0.15) is 5.69 Å². The Kier molecular flexibility index (Phi) is 6.70. The van der Waals surface area contributed by atoms with E-state index in [9.17, 15) is 13.2 Å². The van der Waals surface area contributed by atoms with Crippen LogP contribution in [0.5, 0.6) is 0 Å². The molecule has 2 fully saturated rings. The van der Waals surface area contributed by atoms with Gasteiger partial charge in [0.05, 0.1) is 25.2 Å². The number of pyridine rings is 1. The highest BCUT2D eigenvalue weighted by Gasteiger charge is 2.25. The summed E-state index contributed by atoms with van der Waals surface area (Å²) in [6.07, 6.45) is 4.21. The van der Waals surface area contributed by atoms with Crippen LogP contribution in [0, 0.1) is 0 Å². The van der Waals surface area contributed by atoms with Gasteiger partial charge < -0.3 is 19.9 Å². The molecule has 31 heavy (non-hydrogen) atoms. The number of ether oxygens (including phenoxy) is 1. The number of thiazole rings is 1. The monoisotopic (exact) mass is 466 g/mol. The lowest BCUT2D eigenvalue weighted by molar-refractivity contribution is 0.102. The third kappa shape index (κ3) is 5.70. The van der Waals surface area contributed by atoms with E-state index in [1.54, 1.807) is 17.6 Å². The number of aromatic nitrogens is 2. The maximum Gasteiger partial charge on any atom is 0.275 e. The molecule has 0 aromatic carbocycles. The number of nitrogens with zero attached hydrogens (tertiary/aromatic N) is 4. The lowest BCUT2D eigenvalue weighted by Gasteiger charge is -2.33. The molecule has 2 aromatic rings. The van der Waals surface area contributed by atoms with E-state index in [2.05, 4.69) is 29.8 Å². The minimum absolute atomic E-state index is 0.0818. The summed E-state index contributed by atoms with van der Waals surface area (Å²) in [7, 11) is -3.22. The summed E-state index contributed by atoms with van der Waals surface area (Å²) in [5.41, 5.74) is 0.986. The maximum absolute atomic E-state index is 12.8. The number of amides is 1. The van der Waals surface area contributed by atoms with Gasteiger partial charge in [-0.25, -0.2) is 23.1 Å². The van der Waals surface area contributed by atoms with Crippen molar-refractivity contribution >= 4 is 43.9 Å². The third-order valence-electron chi connectivity index (χ3n) is 5.22. The lowest BCUT2D eigenvalue weighted by Crippen LogP contribution is -2.44. The predicted octanol–water partition coefficient (Wildman–Crippen LogP) is 1.14. The zero-order valence-electron chi connectivity index (χ0n) is 17.3. The smallest absolute Gasteiger partial charge is 0.275 e. The van der Waals surface area contributed by atoms with Crippen LogP contribution in [0.15, 0.2) is 23.7 Å². The molecule has 2 aliphatic heterocycles. The van der Waals surface area contributed by atoms with Gasteiger partial charge in [-0.3, -0.25) is 4.79 Å². The van der Waals surface area contributed by atoms with Crippen LogP contribution < -0.4 is 19.8 Å². The van der Waals surface area contributed by atoms with E-state index in [-0.39, 0.29) is 11.9 Å². The second-order valence-corrected chi connectivity index (χ2v) is 10.2. The fourth-order valence-electron chi connectivity index (χ4n) is 3.71. The molecule has 0 atom stereocenters. The first-order chi connectivity index (χ1) is 14.9. The number of hydrogen-bond donors (Lipinski definition) is 2. The minimum atomic E-state index is -3.22. The van der Waals surface area contributed by atoms with Crippen LogP contribution in [0.4, 0.5) is 16.6 Å². The van der Waals surface area contributed by atoms with Crippen LogP contribution in [0.3, 0.4) is 0 Å². The molecular formula is C19H26N6O4S2. The molecule has 0 radical (unpaired) electrons. The van der Waals surface area contributed by atoms with Crippen molar-refractivity contribution in [3.63, 3.8) is 0 Å². The van der Waals surface area contributed by atoms with Crippen molar-refractivity contribution in [2.24, 2.45) is 0 Å². The van der Waals surface area contributed by atoms with Crippen molar-refractivity contribution in [3.05, 3.63) is 29.4 Å². The van der Waals surface area contributed by atoms with Gasteiger partial charge in [-0.05, 0) is 25.0 Å². The van der Waals surface area contributed by atoms with Crippen LogP contribution in [0.25, 0.3) is 0 Å². The first-order valence-corrected chi connectivity index (χ1v) is 12.9. The Labute approximate surface area is 185 Å². The average molecular weight is 467 g/mol. The molecule has 0 spiro atoms. The van der Waals surface area contributed by atoms with E-state index in [1.807, 2.05) is 6.07 Å². The number of rotatable bonds is 6. The summed E-state index contributed by atoms with van der Waals surface area (Å²) >= 11 is 1.45. The van der Waals surface area contributed by atoms with Gasteiger partial charge in [-0.15, -0.1) is 11.3 Å². The molecule has 2 saturated heterocycles. The number of anilines is 3. The van der Waals surface area contributed by atoms with Gasteiger partial charge in [0.25, 0.3) is 5.91 Å². The molecule has 10 nitrogen and oxygen atoms in total. The van der Waals surface area contributed by atoms with Crippen LogP contribution >= 0.6 is 11.3 Å². The molecule has 4 rings (SSSR count). The fraction of sp³-hybridized carbons (Fsp3) is 0.526. The Bertz CT molecular complexity index is 1010. The summed E-state index contributed by atoms with van der Waals surface area (Å²) < 4.78 is 31.0. The molecule has 12 heteroatoms. The topological polar surface area (TPSA) is 117 Å². The zero-order chi connectivity index (χ0) is 21.8. The van der Waals surface area contributed by atoms with Crippen molar-refractivity contribution in [3.8, 4) is 0 Å². The van der Waals surface area contributed by atoms with Crippen molar-refractivity contribution < 1.29 is 17.9 Å². The van der Waals surface area contributed by atoms with Crippen LogP contribution in [-0.2, 0) is 14.8 Å². The van der Waals surface area contributed by atoms with E-state index in [1.165, 1.54) is 17.6 Å². The number of nitrogens with one attached hydrogen (secondary N) is 2. The molecule has 2 aliphatic rings. The predicted molar refractivity (Wildman–Crippen MR) is 121 cm³/mol.